The minimum absolute atomic E-state index is 0.128. The molecular weight excluding hydrogens is 340 g/mol. The van der Waals surface area contributed by atoms with Gasteiger partial charge < -0.3 is 15.4 Å². The van der Waals surface area contributed by atoms with Crippen molar-refractivity contribution < 1.29 is 18.3 Å². The third kappa shape index (κ3) is 4.13. The number of amides is 1. The lowest BCUT2D eigenvalue weighted by Crippen LogP contribution is -2.12. The first-order valence-corrected chi connectivity index (χ1v) is 7.69. The van der Waals surface area contributed by atoms with Crippen molar-refractivity contribution in [2.45, 2.75) is 0 Å². The van der Waals surface area contributed by atoms with Crippen molar-refractivity contribution in [2.75, 3.05) is 17.7 Å². The molecule has 0 saturated carbocycles. The Balaban J connectivity index is 1.66. The van der Waals surface area contributed by atoms with Gasteiger partial charge in [-0.1, -0.05) is 0 Å². The summed E-state index contributed by atoms with van der Waals surface area (Å²) < 4.78 is 31.6. The molecule has 0 atom stereocenters. The highest BCUT2D eigenvalue weighted by Crippen LogP contribution is 2.21. The van der Waals surface area contributed by atoms with Gasteiger partial charge in [-0.05, 0) is 48.5 Å². The van der Waals surface area contributed by atoms with Crippen LogP contribution in [-0.4, -0.2) is 18.0 Å². The van der Waals surface area contributed by atoms with E-state index in [2.05, 4.69) is 15.6 Å². The van der Waals surface area contributed by atoms with Gasteiger partial charge in [0.2, 0.25) is 0 Å². The molecule has 0 saturated heterocycles. The van der Waals surface area contributed by atoms with Crippen LogP contribution >= 0.6 is 0 Å². The summed E-state index contributed by atoms with van der Waals surface area (Å²) in [5, 5.41) is 5.46. The zero-order chi connectivity index (χ0) is 18.5. The summed E-state index contributed by atoms with van der Waals surface area (Å²) in [6, 6.07) is 13.1. The van der Waals surface area contributed by atoms with Gasteiger partial charge >= 0.3 is 0 Å². The molecule has 3 aromatic rings. The summed E-state index contributed by atoms with van der Waals surface area (Å²) in [6.45, 7) is 0. The number of rotatable bonds is 5. The van der Waals surface area contributed by atoms with Gasteiger partial charge in [-0.3, -0.25) is 4.79 Å². The standard InChI is InChI=1S/C19H15F2N3O2/c1-26-15-6-2-12(3-7-15)19(25)24-18-9-5-14(11-22-18)23-17-8-4-13(20)10-16(17)21/h2-11,23H,1H3,(H,22,24,25). The molecule has 0 fully saturated rings. The van der Waals surface area contributed by atoms with Crippen LogP contribution in [0.4, 0.5) is 26.0 Å². The van der Waals surface area contributed by atoms with Crippen LogP contribution in [0.5, 0.6) is 5.75 Å². The summed E-state index contributed by atoms with van der Waals surface area (Å²) in [5.41, 5.74) is 1.09. The molecule has 0 aliphatic carbocycles. The number of pyridine rings is 1. The van der Waals surface area contributed by atoms with Crippen molar-refractivity contribution in [3.05, 3.63) is 78.0 Å². The van der Waals surface area contributed by atoms with Crippen LogP contribution in [0.1, 0.15) is 10.4 Å². The van der Waals surface area contributed by atoms with Crippen LogP contribution in [-0.2, 0) is 0 Å². The maximum absolute atomic E-state index is 13.6. The van der Waals surface area contributed by atoms with Gasteiger partial charge in [0.1, 0.15) is 23.2 Å². The van der Waals surface area contributed by atoms with Gasteiger partial charge in [-0.2, -0.15) is 0 Å². The van der Waals surface area contributed by atoms with Gasteiger partial charge in [-0.15, -0.1) is 0 Å². The number of carbonyl (C=O) groups is 1. The second kappa shape index (κ2) is 7.60. The van der Waals surface area contributed by atoms with Crippen LogP contribution < -0.4 is 15.4 Å². The van der Waals surface area contributed by atoms with Crippen molar-refractivity contribution >= 4 is 23.1 Å². The highest BCUT2D eigenvalue weighted by Gasteiger charge is 2.08. The fourth-order valence-corrected chi connectivity index (χ4v) is 2.22. The fraction of sp³-hybridized carbons (Fsp3) is 0.0526. The number of benzene rings is 2. The quantitative estimate of drug-likeness (QED) is 0.714. The van der Waals surface area contributed by atoms with E-state index in [0.717, 1.165) is 12.1 Å². The highest BCUT2D eigenvalue weighted by atomic mass is 19.1. The lowest BCUT2D eigenvalue weighted by atomic mass is 10.2. The zero-order valence-corrected chi connectivity index (χ0v) is 13.8. The molecule has 0 aliphatic rings. The number of hydrogen-bond donors (Lipinski definition) is 2. The number of aromatic nitrogens is 1. The Kier molecular flexibility index (Phi) is 5.07. The molecule has 1 aromatic heterocycles. The van der Waals surface area contributed by atoms with E-state index in [1.807, 2.05) is 0 Å². The van der Waals surface area contributed by atoms with Crippen LogP contribution in [0.3, 0.4) is 0 Å². The Morgan fingerprint density at radius 3 is 2.42 bits per heavy atom. The Morgan fingerprint density at radius 1 is 1.04 bits per heavy atom. The van der Waals surface area contributed by atoms with Crippen molar-refractivity contribution in [2.24, 2.45) is 0 Å². The number of anilines is 3. The Morgan fingerprint density at radius 2 is 1.81 bits per heavy atom. The lowest BCUT2D eigenvalue weighted by molar-refractivity contribution is 0.102. The average molecular weight is 355 g/mol. The van der Waals surface area contributed by atoms with E-state index in [-0.39, 0.29) is 11.6 Å². The summed E-state index contributed by atoms with van der Waals surface area (Å²) in [4.78, 5) is 16.3. The summed E-state index contributed by atoms with van der Waals surface area (Å²) in [6.07, 6.45) is 1.44. The summed E-state index contributed by atoms with van der Waals surface area (Å²) in [5.74, 6) is -0.672. The normalized spacial score (nSPS) is 10.3. The predicted octanol–water partition coefficient (Wildman–Crippen LogP) is 4.36. The largest absolute Gasteiger partial charge is 0.497 e. The molecule has 5 nitrogen and oxygen atoms in total. The molecule has 0 unspecified atom stereocenters. The lowest BCUT2D eigenvalue weighted by Gasteiger charge is -2.09. The highest BCUT2D eigenvalue weighted by molar-refractivity contribution is 6.03. The number of nitrogens with one attached hydrogen (secondary N) is 2. The first-order chi connectivity index (χ1) is 12.5. The number of nitrogens with zero attached hydrogens (tertiary/aromatic N) is 1. The monoisotopic (exact) mass is 355 g/mol. The topological polar surface area (TPSA) is 63.2 Å². The van der Waals surface area contributed by atoms with Gasteiger partial charge in [0.25, 0.3) is 5.91 Å². The van der Waals surface area contributed by atoms with Crippen molar-refractivity contribution in [1.29, 1.82) is 0 Å². The molecule has 0 aliphatic heterocycles. The van der Waals surface area contributed by atoms with Gasteiger partial charge in [0.05, 0.1) is 24.7 Å². The molecule has 0 bridgehead atoms. The first-order valence-electron chi connectivity index (χ1n) is 7.69. The second-order valence-electron chi connectivity index (χ2n) is 5.36. The Labute approximate surface area is 148 Å². The molecule has 2 N–H and O–H groups in total. The number of methoxy groups -OCH3 is 1. The van der Waals surface area contributed by atoms with Gasteiger partial charge in [-0.25, -0.2) is 13.8 Å². The van der Waals surface area contributed by atoms with Crippen molar-refractivity contribution in [3.8, 4) is 5.75 Å². The van der Waals surface area contributed by atoms with Gasteiger partial charge in [0.15, 0.2) is 0 Å². The van der Waals surface area contributed by atoms with E-state index < -0.39 is 11.6 Å². The zero-order valence-electron chi connectivity index (χ0n) is 13.8. The molecule has 3 rings (SSSR count). The summed E-state index contributed by atoms with van der Waals surface area (Å²) >= 11 is 0. The van der Waals surface area contributed by atoms with Gasteiger partial charge in [0, 0.05) is 11.6 Å². The number of ether oxygens (including phenoxy) is 1. The van der Waals surface area contributed by atoms with E-state index >= 15 is 0 Å². The van der Waals surface area contributed by atoms with Crippen molar-refractivity contribution in [3.63, 3.8) is 0 Å². The van der Waals surface area contributed by atoms with Crippen LogP contribution in [0.25, 0.3) is 0 Å². The Hall–Kier alpha value is -3.48. The molecule has 26 heavy (non-hydrogen) atoms. The SMILES string of the molecule is COc1ccc(C(=O)Nc2ccc(Nc3ccc(F)cc3F)cn2)cc1. The average Bonchev–Trinajstić information content (AvgIpc) is 2.65. The van der Waals surface area contributed by atoms with Crippen molar-refractivity contribution in [1.82, 2.24) is 4.98 Å². The molecule has 132 valence electrons. The smallest absolute Gasteiger partial charge is 0.256 e. The Bertz CT molecular complexity index is 913. The number of halogens is 2. The van der Waals surface area contributed by atoms with Crippen LogP contribution in [0, 0.1) is 11.6 Å². The molecule has 2 aromatic carbocycles. The maximum Gasteiger partial charge on any atom is 0.256 e. The van der Waals surface area contributed by atoms with E-state index in [1.165, 1.54) is 12.3 Å². The third-order valence-corrected chi connectivity index (χ3v) is 3.57. The summed E-state index contributed by atoms with van der Waals surface area (Å²) in [7, 11) is 1.55. The molecule has 0 radical (unpaired) electrons. The molecule has 1 heterocycles. The minimum atomic E-state index is -0.707. The first kappa shape index (κ1) is 17.3. The molecule has 0 spiro atoms. The molecular formula is C19H15F2N3O2. The van der Waals surface area contributed by atoms with E-state index in [1.54, 1.807) is 43.5 Å². The van der Waals surface area contributed by atoms with E-state index in [0.29, 0.717) is 22.8 Å². The van der Waals surface area contributed by atoms with Crippen LogP contribution in [0.2, 0.25) is 0 Å². The van der Waals surface area contributed by atoms with E-state index in [9.17, 15) is 13.6 Å². The molecule has 1 amide bonds. The second-order valence-corrected chi connectivity index (χ2v) is 5.36. The fourth-order valence-electron chi connectivity index (χ4n) is 2.22. The minimum Gasteiger partial charge on any atom is -0.497 e. The molecule has 7 heteroatoms. The maximum atomic E-state index is 13.6. The number of carbonyl (C=O) groups excluding carboxylic acids is 1. The van der Waals surface area contributed by atoms with E-state index in [4.69, 9.17) is 4.74 Å². The van der Waals surface area contributed by atoms with Crippen LogP contribution in [0.15, 0.2) is 60.8 Å². The third-order valence-electron chi connectivity index (χ3n) is 3.57. The predicted molar refractivity (Wildman–Crippen MR) is 94.8 cm³/mol. The number of hydrogen-bond acceptors (Lipinski definition) is 4.